The fraction of sp³-hybridized carbons (Fsp3) is 0.500. The van der Waals surface area contributed by atoms with Crippen molar-refractivity contribution in [2.24, 2.45) is 17.6 Å². The first-order valence-electron chi connectivity index (χ1n) is 12.1. The molecule has 0 unspecified atom stereocenters. The molecule has 194 valence electrons. The van der Waals surface area contributed by atoms with Crippen LogP contribution in [0.1, 0.15) is 56.1 Å². The molecule has 0 spiro atoms. The predicted molar refractivity (Wildman–Crippen MR) is 127 cm³/mol. The summed E-state index contributed by atoms with van der Waals surface area (Å²) < 4.78 is 5.88. The zero-order chi connectivity index (χ0) is 26.4. The summed E-state index contributed by atoms with van der Waals surface area (Å²) in [6, 6.07) is 4.52. The first-order chi connectivity index (χ1) is 17.1. The summed E-state index contributed by atoms with van der Waals surface area (Å²) in [6.45, 7) is 2.54. The van der Waals surface area contributed by atoms with Crippen molar-refractivity contribution in [1.82, 2.24) is 0 Å². The van der Waals surface area contributed by atoms with Gasteiger partial charge in [-0.05, 0) is 18.1 Å². The molecule has 4 rings (SSSR count). The fourth-order valence-corrected chi connectivity index (χ4v) is 5.82. The Hall–Kier alpha value is -3.21. The van der Waals surface area contributed by atoms with Crippen LogP contribution in [0.25, 0.3) is 5.76 Å². The van der Waals surface area contributed by atoms with Crippen LogP contribution in [0.15, 0.2) is 35.1 Å². The third kappa shape index (κ3) is 3.80. The average Bonchev–Trinajstić information content (AvgIpc) is 2.82. The van der Waals surface area contributed by atoms with Gasteiger partial charge in [0.25, 0.3) is 5.91 Å². The number of nitrogens with two attached hydrogens (primary N) is 1. The van der Waals surface area contributed by atoms with E-state index in [9.17, 15) is 39.9 Å². The van der Waals surface area contributed by atoms with Crippen molar-refractivity contribution in [3.05, 3.63) is 46.2 Å². The van der Waals surface area contributed by atoms with Crippen LogP contribution in [0.4, 0.5) is 0 Å². The Labute approximate surface area is 207 Å². The van der Waals surface area contributed by atoms with Gasteiger partial charge in [-0.1, -0.05) is 38.3 Å². The summed E-state index contributed by atoms with van der Waals surface area (Å²) in [7, 11) is 0. The van der Waals surface area contributed by atoms with E-state index in [4.69, 9.17) is 10.5 Å². The number of ether oxygens (including phenoxy) is 1. The number of aromatic hydroxyl groups is 1. The number of Topliss-reactive ketones (excluding diaryl/α,β-unsaturated/α-hetero) is 2. The maximum absolute atomic E-state index is 13.7. The third-order valence-corrected chi connectivity index (χ3v) is 7.61. The standard InChI is InChI=1S/C26H31NO9/c1-2-3-4-5-9-36-11-13-12-7-6-8-15(28)17(12)22(31)20-18(13)21(30)14-10-16(29)19(25(27)34)23(32)26(14,35)24(20)33/h6-8,13-14,18,21,28,30-32,35H,2-5,9-11H2,1H3,(H2,27,34)/t13-,14+,18+,21+,26+/m0/s1. The summed E-state index contributed by atoms with van der Waals surface area (Å²) >= 11 is 0. The van der Waals surface area contributed by atoms with Crippen molar-refractivity contribution in [1.29, 1.82) is 0 Å². The summed E-state index contributed by atoms with van der Waals surface area (Å²) in [6.07, 6.45) is 1.68. The number of carbonyl (C=O) groups is 3. The van der Waals surface area contributed by atoms with Gasteiger partial charge in [-0.2, -0.15) is 0 Å². The van der Waals surface area contributed by atoms with Gasteiger partial charge in [0.1, 0.15) is 22.8 Å². The number of aliphatic hydroxyl groups is 4. The van der Waals surface area contributed by atoms with Gasteiger partial charge in [-0.25, -0.2) is 0 Å². The topological polar surface area (TPSA) is 188 Å². The first-order valence-corrected chi connectivity index (χ1v) is 12.1. The molecule has 0 bridgehead atoms. The molecule has 0 heterocycles. The quantitative estimate of drug-likeness (QED) is 0.227. The summed E-state index contributed by atoms with van der Waals surface area (Å²) in [5.74, 6) is -8.95. The predicted octanol–water partition coefficient (Wildman–Crippen LogP) is 1.53. The van der Waals surface area contributed by atoms with Crippen LogP contribution in [-0.2, 0) is 19.1 Å². The van der Waals surface area contributed by atoms with Gasteiger partial charge in [0.05, 0.1) is 18.3 Å². The Kier molecular flexibility index (Phi) is 6.96. The molecular weight excluding hydrogens is 470 g/mol. The molecule has 10 heteroatoms. The Morgan fingerprint density at radius 3 is 2.56 bits per heavy atom. The number of ketones is 2. The van der Waals surface area contributed by atoms with E-state index in [1.165, 1.54) is 6.07 Å². The molecule has 0 saturated heterocycles. The zero-order valence-electron chi connectivity index (χ0n) is 19.9. The van der Waals surface area contributed by atoms with Gasteiger partial charge in [0.2, 0.25) is 5.78 Å². The molecule has 3 aliphatic carbocycles. The highest BCUT2D eigenvalue weighted by molar-refractivity contribution is 6.22. The molecular formula is C26H31NO9. The molecule has 1 amide bonds. The van der Waals surface area contributed by atoms with Gasteiger partial charge in [-0.15, -0.1) is 0 Å². The van der Waals surface area contributed by atoms with Crippen LogP contribution in [0.3, 0.4) is 0 Å². The molecule has 0 radical (unpaired) electrons. The number of carbonyl (C=O) groups excluding carboxylic acids is 3. The third-order valence-electron chi connectivity index (χ3n) is 7.61. The van der Waals surface area contributed by atoms with Gasteiger partial charge < -0.3 is 36.0 Å². The van der Waals surface area contributed by atoms with Gasteiger partial charge in [0.15, 0.2) is 11.4 Å². The van der Waals surface area contributed by atoms with Crippen molar-refractivity contribution < 1.29 is 44.7 Å². The highest BCUT2D eigenvalue weighted by Gasteiger charge is 2.65. The Morgan fingerprint density at radius 1 is 1.17 bits per heavy atom. The number of fused-ring (bicyclic) bond motifs is 3. The number of unbranched alkanes of at least 4 members (excludes halogenated alkanes) is 3. The summed E-state index contributed by atoms with van der Waals surface area (Å²) in [5.41, 5.74) is 1.40. The molecule has 0 aliphatic heterocycles. The second-order valence-corrected chi connectivity index (χ2v) is 9.68. The fourth-order valence-electron chi connectivity index (χ4n) is 5.82. The van der Waals surface area contributed by atoms with Gasteiger partial charge >= 0.3 is 0 Å². The Bertz CT molecular complexity index is 1170. The van der Waals surface area contributed by atoms with Crippen LogP contribution in [-0.4, -0.2) is 67.9 Å². The number of hydrogen-bond donors (Lipinski definition) is 6. The van der Waals surface area contributed by atoms with Crippen molar-refractivity contribution in [3.8, 4) is 5.75 Å². The number of aliphatic hydroxyl groups excluding tert-OH is 3. The number of phenols is 1. The maximum atomic E-state index is 13.7. The number of rotatable bonds is 8. The molecule has 1 saturated carbocycles. The largest absolute Gasteiger partial charge is 0.508 e. The number of hydrogen-bond acceptors (Lipinski definition) is 9. The minimum absolute atomic E-state index is 0.0296. The second kappa shape index (κ2) is 9.68. The van der Waals surface area contributed by atoms with Crippen molar-refractivity contribution in [2.45, 2.75) is 56.7 Å². The first kappa shape index (κ1) is 25.9. The van der Waals surface area contributed by atoms with Gasteiger partial charge in [0, 0.05) is 36.4 Å². The maximum Gasteiger partial charge on any atom is 0.255 e. The van der Waals surface area contributed by atoms with E-state index in [0.717, 1.165) is 25.7 Å². The number of benzene rings is 1. The minimum Gasteiger partial charge on any atom is -0.508 e. The molecule has 5 atom stereocenters. The van der Waals surface area contributed by atoms with E-state index in [2.05, 4.69) is 6.92 Å². The lowest BCUT2D eigenvalue weighted by Gasteiger charge is -2.50. The SMILES string of the molecule is CCCCCCOC[C@H]1c2cccc(O)c2C(O)=C2C(=O)[C@]3(O)C(O)=C(C(N)=O)C(=O)C[C@@H]3[C@@H](O)[C@@H]21. The van der Waals surface area contributed by atoms with Crippen molar-refractivity contribution in [2.75, 3.05) is 13.2 Å². The zero-order valence-corrected chi connectivity index (χ0v) is 19.9. The average molecular weight is 502 g/mol. The number of amides is 1. The minimum atomic E-state index is -2.86. The molecule has 1 aromatic carbocycles. The highest BCUT2D eigenvalue weighted by atomic mass is 16.5. The monoisotopic (exact) mass is 501 g/mol. The highest BCUT2D eigenvalue weighted by Crippen LogP contribution is 2.55. The van der Waals surface area contributed by atoms with Crippen molar-refractivity contribution in [3.63, 3.8) is 0 Å². The Morgan fingerprint density at radius 2 is 1.89 bits per heavy atom. The molecule has 1 aromatic rings. The van der Waals surface area contributed by atoms with Crippen LogP contribution in [0.5, 0.6) is 5.75 Å². The number of primary amides is 1. The number of phenolic OH excluding ortho intramolecular Hbond substituents is 1. The van der Waals surface area contributed by atoms with E-state index in [-0.39, 0.29) is 17.9 Å². The lowest BCUT2D eigenvalue weighted by molar-refractivity contribution is -0.161. The van der Waals surface area contributed by atoms with Crippen molar-refractivity contribution >= 4 is 23.2 Å². The summed E-state index contributed by atoms with van der Waals surface area (Å²) in [4.78, 5) is 38.1. The molecule has 3 aliphatic rings. The second-order valence-electron chi connectivity index (χ2n) is 9.68. The van der Waals surface area contributed by atoms with Crippen LogP contribution in [0, 0.1) is 11.8 Å². The van der Waals surface area contributed by atoms with Gasteiger partial charge in [-0.3, -0.25) is 14.4 Å². The molecule has 1 fully saturated rings. The molecule has 0 aromatic heterocycles. The molecule has 36 heavy (non-hydrogen) atoms. The lowest BCUT2D eigenvalue weighted by Crippen LogP contribution is -2.64. The smallest absolute Gasteiger partial charge is 0.255 e. The van der Waals surface area contributed by atoms with Crippen LogP contribution in [0.2, 0.25) is 0 Å². The Balaban J connectivity index is 1.82. The summed E-state index contributed by atoms with van der Waals surface area (Å²) in [5, 5.41) is 55.1. The van der Waals surface area contributed by atoms with E-state index < -0.39 is 76.0 Å². The van der Waals surface area contributed by atoms with Crippen LogP contribution >= 0.6 is 0 Å². The van der Waals surface area contributed by atoms with E-state index in [0.29, 0.717) is 12.2 Å². The lowest BCUT2D eigenvalue weighted by atomic mass is 9.55. The van der Waals surface area contributed by atoms with E-state index in [1.807, 2.05) is 0 Å². The van der Waals surface area contributed by atoms with E-state index >= 15 is 0 Å². The van der Waals surface area contributed by atoms with E-state index in [1.54, 1.807) is 12.1 Å². The molecule has 7 N–H and O–H groups in total. The normalized spacial score (nSPS) is 29.6. The van der Waals surface area contributed by atoms with Crippen LogP contribution < -0.4 is 5.73 Å². The molecule has 10 nitrogen and oxygen atoms in total.